The van der Waals surface area contributed by atoms with Crippen molar-refractivity contribution in [2.75, 3.05) is 19.5 Å². The van der Waals surface area contributed by atoms with E-state index >= 15 is 0 Å². The maximum Gasteiger partial charge on any atom is 0.323 e. The van der Waals surface area contributed by atoms with Crippen LogP contribution in [0.5, 0.6) is 11.5 Å². The van der Waals surface area contributed by atoms with E-state index in [0.717, 1.165) is 16.7 Å². The number of benzene rings is 3. The third-order valence-electron chi connectivity index (χ3n) is 6.09. The summed E-state index contributed by atoms with van der Waals surface area (Å²) in [6.07, 6.45) is 7.57. The van der Waals surface area contributed by atoms with E-state index in [2.05, 4.69) is 20.9 Å². The zero-order chi connectivity index (χ0) is 28.5. The molecule has 9 heteroatoms. The number of amides is 3. The lowest BCUT2D eigenvalue weighted by atomic mass is 10.1. The molecule has 4 rings (SSSR count). The van der Waals surface area contributed by atoms with Crippen LogP contribution in [0.2, 0.25) is 0 Å². The van der Waals surface area contributed by atoms with E-state index in [1.54, 1.807) is 24.3 Å². The lowest BCUT2D eigenvalue weighted by molar-refractivity contribution is 0.0976. The summed E-state index contributed by atoms with van der Waals surface area (Å²) in [6.45, 7) is 1.84. The van der Waals surface area contributed by atoms with Gasteiger partial charge in [-0.1, -0.05) is 54.6 Å². The number of allylic oxidation sites excluding steroid dienone is 4. The number of hydrogen-bond donors (Lipinski definition) is 4. The van der Waals surface area contributed by atoms with Gasteiger partial charge in [-0.15, -0.1) is 0 Å². The molecule has 0 bridgehead atoms. The molecule has 0 aliphatic heterocycles. The van der Waals surface area contributed by atoms with E-state index < -0.39 is 11.9 Å². The average molecular weight is 538 g/mol. The molecule has 3 aromatic rings. The van der Waals surface area contributed by atoms with E-state index in [1.165, 1.54) is 14.2 Å². The number of hydrogen-bond acceptors (Lipinski definition) is 5. The van der Waals surface area contributed by atoms with Crippen LogP contribution in [-0.2, 0) is 0 Å². The van der Waals surface area contributed by atoms with Gasteiger partial charge in [0.25, 0.3) is 5.91 Å². The topological polar surface area (TPSA) is 127 Å². The van der Waals surface area contributed by atoms with E-state index in [0.29, 0.717) is 40.6 Å². The molecule has 0 heterocycles. The molecule has 1 aliphatic rings. The smallest absolute Gasteiger partial charge is 0.323 e. The molecule has 0 radical (unpaired) electrons. The first-order valence-electron chi connectivity index (χ1n) is 12.6. The zero-order valence-corrected chi connectivity index (χ0v) is 22.5. The number of aliphatic imine (C=N–C) groups is 1. The predicted octanol–water partition coefficient (Wildman–Crippen LogP) is 5.27. The number of carbonyl (C=O) groups is 2. The van der Waals surface area contributed by atoms with Crippen molar-refractivity contribution in [3.63, 3.8) is 0 Å². The van der Waals surface area contributed by atoms with E-state index in [-0.39, 0.29) is 5.96 Å². The van der Waals surface area contributed by atoms with E-state index in [1.807, 2.05) is 73.7 Å². The molecule has 204 valence electrons. The van der Waals surface area contributed by atoms with Crippen LogP contribution in [0.1, 0.15) is 22.3 Å². The fraction of sp³-hybridized carbons (Fsp3) is 0.129. The summed E-state index contributed by atoms with van der Waals surface area (Å²) < 4.78 is 10.7. The number of nitrogens with one attached hydrogen (secondary N) is 3. The molecule has 0 atom stereocenters. The predicted molar refractivity (Wildman–Crippen MR) is 157 cm³/mol. The third kappa shape index (κ3) is 7.16. The number of guanidine groups is 1. The maximum atomic E-state index is 12.8. The van der Waals surface area contributed by atoms with Crippen LogP contribution in [-0.4, -0.2) is 32.1 Å². The van der Waals surface area contributed by atoms with Crippen LogP contribution < -0.4 is 31.2 Å². The van der Waals surface area contributed by atoms with Gasteiger partial charge in [-0.2, -0.15) is 0 Å². The monoisotopic (exact) mass is 537 g/mol. The maximum absolute atomic E-state index is 12.8. The SMILES string of the molecule is COc1cc(C(=O)NC(N)=NC2=CC(NC(=O)Nc3ccc(-c4ccccc4)cc3)=CC=CC2)cc(OC)c1C. The largest absolute Gasteiger partial charge is 0.496 e. The summed E-state index contributed by atoms with van der Waals surface area (Å²) in [5.41, 5.74) is 11.0. The molecule has 0 fully saturated rings. The Labute approximate surface area is 233 Å². The highest BCUT2D eigenvalue weighted by atomic mass is 16.5. The highest BCUT2D eigenvalue weighted by Gasteiger charge is 2.15. The van der Waals surface area contributed by atoms with E-state index in [9.17, 15) is 9.59 Å². The van der Waals surface area contributed by atoms with Crippen LogP contribution in [0.3, 0.4) is 0 Å². The number of urea groups is 1. The number of anilines is 1. The molecule has 0 aromatic heterocycles. The Morgan fingerprint density at radius 2 is 1.55 bits per heavy atom. The van der Waals surface area contributed by atoms with Crippen molar-refractivity contribution in [2.45, 2.75) is 13.3 Å². The van der Waals surface area contributed by atoms with Crippen LogP contribution in [0.15, 0.2) is 107 Å². The molecule has 0 spiro atoms. The zero-order valence-electron chi connectivity index (χ0n) is 22.5. The number of ether oxygens (including phenoxy) is 2. The van der Waals surface area contributed by atoms with Crippen LogP contribution in [0.25, 0.3) is 11.1 Å². The van der Waals surface area contributed by atoms with Gasteiger partial charge >= 0.3 is 6.03 Å². The van der Waals surface area contributed by atoms with Crippen molar-refractivity contribution in [3.05, 3.63) is 114 Å². The number of rotatable bonds is 7. The summed E-state index contributed by atoms with van der Waals surface area (Å²) >= 11 is 0. The second-order valence-corrected chi connectivity index (χ2v) is 8.87. The normalized spacial score (nSPS) is 12.9. The average Bonchev–Trinajstić information content (AvgIpc) is 3.18. The molecule has 9 nitrogen and oxygen atoms in total. The molecular formula is C31H31N5O4. The molecule has 0 saturated heterocycles. The fourth-order valence-electron chi connectivity index (χ4n) is 4.06. The molecular weight excluding hydrogens is 506 g/mol. The second kappa shape index (κ2) is 13.0. The Kier molecular flexibility index (Phi) is 8.99. The van der Waals surface area contributed by atoms with Crippen molar-refractivity contribution in [3.8, 4) is 22.6 Å². The minimum Gasteiger partial charge on any atom is -0.496 e. The summed E-state index contributed by atoms with van der Waals surface area (Å²) in [5, 5.41) is 8.23. The summed E-state index contributed by atoms with van der Waals surface area (Å²) in [4.78, 5) is 29.8. The first kappa shape index (κ1) is 27.7. The minimum atomic E-state index is -0.464. The van der Waals surface area contributed by atoms with Gasteiger partial charge in [0.2, 0.25) is 5.96 Å². The first-order chi connectivity index (χ1) is 19.4. The summed E-state index contributed by atoms with van der Waals surface area (Å²) in [5.74, 6) is 0.479. The van der Waals surface area contributed by atoms with Crippen LogP contribution in [0.4, 0.5) is 10.5 Å². The molecule has 40 heavy (non-hydrogen) atoms. The van der Waals surface area contributed by atoms with Crippen molar-refractivity contribution in [1.82, 2.24) is 10.6 Å². The number of nitrogens with zero attached hydrogens (tertiary/aromatic N) is 1. The third-order valence-corrected chi connectivity index (χ3v) is 6.09. The molecule has 0 saturated carbocycles. The summed E-state index contributed by atoms with van der Waals surface area (Å²) in [6, 6.07) is 20.4. The molecule has 5 N–H and O–H groups in total. The van der Waals surface area contributed by atoms with Crippen molar-refractivity contribution in [1.29, 1.82) is 0 Å². The highest BCUT2D eigenvalue weighted by molar-refractivity contribution is 6.06. The van der Waals surface area contributed by atoms with Gasteiger partial charge in [0.15, 0.2) is 0 Å². The van der Waals surface area contributed by atoms with Crippen LogP contribution >= 0.6 is 0 Å². The van der Waals surface area contributed by atoms with Gasteiger partial charge in [0.05, 0.1) is 19.9 Å². The van der Waals surface area contributed by atoms with Crippen molar-refractivity contribution >= 4 is 23.6 Å². The Hall–Kier alpha value is -5.31. The highest BCUT2D eigenvalue weighted by Crippen LogP contribution is 2.29. The first-order valence-corrected chi connectivity index (χ1v) is 12.6. The van der Waals surface area contributed by atoms with Gasteiger partial charge in [0, 0.05) is 28.9 Å². The molecule has 3 aromatic carbocycles. The number of nitrogens with two attached hydrogens (primary N) is 1. The minimum absolute atomic E-state index is 0.0904. The molecule has 0 unspecified atom stereocenters. The Balaban J connectivity index is 1.39. The number of carbonyl (C=O) groups excluding carboxylic acids is 2. The van der Waals surface area contributed by atoms with Gasteiger partial charge in [0.1, 0.15) is 11.5 Å². The lowest BCUT2D eigenvalue weighted by Gasteiger charge is -2.12. The van der Waals surface area contributed by atoms with Gasteiger partial charge in [-0.25, -0.2) is 9.79 Å². The Morgan fingerprint density at radius 1 is 0.900 bits per heavy atom. The Morgan fingerprint density at radius 3 is 2.20 bits per heavy atom. The summed E-state index contributed by atoms with van der Waals surface area (Å²) in [7, 11) is 3.04. The van der Waals surface area contributed by atoms with Gasteiger partial charge in [-0.3, -0.25) is 10.1 Å². The second-order valence-electron chi connectivity index (χ2n) is 8.87. The number of methoxy groups -OCH3 is 2. The van der Waals surface area contributed by atoms with Gasteiger partial charge in [-0.05, 0) is 54.5 Å². The van der Waals surface area contributed by atoms with E-state index in [4.69, 9.17) is 15.2 Å². The lowest BCUT2D eigenvalue weighted by Crippen LogP contribution is -2.36. The standard InChI is InChI=1S/C31H31N5O4/c1-20-27(39-2)17-23(18-28(20)40-3)29(37)36-30(32)33-25-11-7-8-12-26(19-25)35-31(38)34-24-15-13-22(14-16-24)21-9-5-4-6-10-21/h4-10,12-19H,11H2,1-3H3,(H2,34,35,38)(H3,32,33,36,37). The fourth-order valence-corrected chi connectivity index (χ4v) is 4.06. The Bertz CT molecular complexity index is 1480. The van der Waals surface area contributed by atoms with Crippen LogP contribution in [0, 0.1) is 6.92 Å². The van der Waals surface area contributed by atoms with Crippen molar-refractivity contribution in [2.24, 2.45) is 10.7 Å². The van der Waals surface area contributed by atoms with Gasteiger partial charge < -0.3 is 25.8 Å². The molecule has 1 aliphatic carbocycles. The van der Waals surface area contributed by atoms with Crippen molar-refractivity contribution < 1.29 is 19.1 Å². The molecule has 3 amide bonds. The quantitative estimate of drug-likeness (QED) is 0.241.